The van der Waals surface area contributed by atoms with Crippen molar-refractivity contribution < 1.29 is 24.1 Å². The fraction of sp³-hybridized carbons (Fsp3) is 0.793. The van der Waals surface area contributed by atoms with Gasteiger partial charge in [-0.1, -0.05) is 71.9 Å². The van der Waals surface area contributed by atoms with Crippen LogP contribution in [0.5, 0.6) is 0 Å². The average Bonchev–Trinajstić information content (AvgIpc) is 2.83. The molecular weight excluding hydrogens is 470 g/mol. The van der Waals surface area contributed by atoms with Crippen molar-refractivity contribution in [3.63, 3.8) is 0 Å². The largest absolute Gasteiger partial charge is 0.414 e. The van der Waals surface area contributed by atoms with E-state index in [1.807, 2.05) is 44.2 Å². The van der Waals surface area contributed by atoms with Crippen LogP contribution in [0.1, 0.15) is 72.8 Å². The molecule has 210 valence electrons. The molecule has 0 bridgehead atoms. The van der Waals surface area contributed by atoms with Crippen LogP contribution in [0, 0.1) is 11.8 Å². The first-order valence-electron chi connectivity index (χ1n) is 13.7. The van der Waals surface area contributed by atoms with Crippen LogP contribution in [0.25, 0.3) is 0 Å². The zero-order valence-electron chi connectivity index (χ0n) is 24.4. The third kappa shape index (κ3) is 10.9. The molecule has 0 aliphatic rings. The van der Waals surface area contributed by atoms with Gasteiger partial charge in [0.05, 0.1) is 31.5 Å². The highest BCUT2D eigenvalue weighted by Crippen LogP contribution is 2.38. The Morgan fingerprint density at radius 3 is 2.17 bits per heavy atom. The van der Waals surface area contributed by atoms with Crippen LogP contribution in [0.4, 0.5) is 0 Å². The van der Waals surface area contributed by atoms with Gasteiger partial charge < -0.3 is 29.8 Å². The van der Waals surface area contributed by atoms with Gasteiger partial charge in [-0.3, -0.25) is 0 Å². The van der Waals surface area contributed by atoms with Crippen LogP contribution in [0.2, 0.25) is 18.1 Å². The Morgan fingerprint density at radius 2 is 1.64 bits per heavy atom. The van der Waals surface area contributed by atoms with E-state index in [0.717, 1.165) is 18.4 Å². The van der Waals surface area contributed by atoms with Crippen molar-refractivity contribution >= 4 is 8.32 Å². The Morgan fingerprint density at radius 1 is 1.03 bits per heavy atom. The lowest BCUT2D eigenvalue weighted by Gasteiger charge is -2.40. The number of ether oxygens (including phenoxy) is 2. The van der Waals surface area contributed by atoms with Gasteiger partial charge in [-0.2, -0.15) is 0 Å². The van der Waals surface area contributed by atoms with Crippen LogP contribution in [-0.2, 0) is 20.5 Å². The van der Waals surface area contributed by atoms with E-state index in [0.29, 0.717) is 26.1 Å². The lowest BCUT2D eigenvalue weighted by Crippen LogP contribution is -2.46. The first-order valence-corrected chi connectivity index (χ1v) is 16.6. The number of aliphatic hydroxyl groups excluding tert-OH is 2. The maximum absolute atomic E-state index is 10.8. The molecule has 0 saturated heterocycles. The minimum absolute atomic E-state index is 0.0865. The molecule has 0 fully saturated rings. The number of nitrogens with two attached hydrogens (primary N) is 1. The van der Waals surface area contributed by atoms with Crippen LogP contribution in [0.3, 0.4) is 0 Å². The summed E-state index contributed by atoms with van der Waals surface area (Å²) in [6.07, 6.45) is 1.43. The second-order valence-electron chi connectivity index (χ2n) is 12.1. The lowest BCUT2D eigenvalue weighted by atomic mass is 9.86. The van der Waals surface area contributed by atoms with E-state index < -0.39 is 20.5 Å². The quantitative estimate of drug-likeness (QED) is 0.232. The molecule has 1 aromatic carbocycles. The number of hydrogen-bond acceptors (Lipinski definition) is 6. The zero-order valence-corrected chi connectivity index (χ0v) is 25.4. The Bertz CT molecular complexity index is 711. The number of benzene rings is 1. The van der Waals surface area contributed by atoms with Crippen molar-refractivity contribution in [1.82, 2.24) is 0 Å². The van der Waals surface area contributed by atoms with Crippen LogP contribution in [-0.4, -0.2) is 62.7 Å². The summed E-state index contributed by atoms with van der Waals surface area (Å²) in [5, 5.41) is 21.7. The van der Waals surface area contributed by atoms with E-state index in [-0.39, 0.29) is 35.1 Å². The predicted molar refractivity (Wildman–Crippen MR) is 151 cm³/mol. The van der Waals surface area contributed by atoms with Crippen molar-refractivity contribution in [1.29, 1.82) is 0 Å². The Kier molecular flexibility index (Phi) is 14.4. The van der Waals surface area contributed by atoms with Gasteiger partial charge in [0.15, 0.2) is 8.32 Å². The summed E-state index contributed by atoms with van der Waals surface area (Å²) in [4.78, 5) is 0. The summed E-state index contributed by atoms with van der Waals surface area (Å²) in [5.74, 6) is -0.365. The van der Waals surface area contributed by atoms with Crippen molar-refractivity contribution in [2.24, 2.45) is 17.6 Å². The Balaban J connectivity index is 2.53. The second-order valence-corrected chi connectivity index (χ2v) is 16.8. The first-order chi connectivity index (χ1) is 16.7. The molecule has 0 aliphatic heterocycles. The van der Waals surface area contributed by atoms with Crippen molar-refractivity contribution in [2.75, 3.05) is 13.7 Å². The molecule has 6 nitrogen and oxygen atoms in total. The van der Waals surface area contributed by atoms with Gasteiger partial charge in [0, 0.05) is 37.5 Å². The lowest BCUT2D eigenvalue weighted by molar-refractivity contribution is -0.0388. The molecule has 0 aliphatic carbocycles. The molecule has 0 heterocycles. The molecule has 36 heavy (non-hydrogen) atoms. The predicted octanol–water partition coefficient (Wildman–Crippen LogP) is 5.51. The molecule has 0 amide bonds. The highest BCUT2D eigenvalue weighted by molar-refractivity contribution is 6.74. The fourth-order valence-electron chi connectivity index (χ4n) is 4.19. The fourth-order valence-corrected chi connectivity index (χ4v) is 5.64. The van der Waals surface area contributed by atoms with E-state index in [1.165, 1.54) is 0 Å². The number of methoxy groups -OCH3 is 1. The second kappa shape index (κ2) is 15.6. The number of rotatable bonds is 17. The first kappa shape index (κ1) is 33.2. The molecule has 7 atom stereocenters. The minimum atomic E-state index is -1.88. The van der Waals surface area contributed by atoms with E-state index in [2.05, 4.69) is 40.8 Å². The standard InChI is InChI=1S/C29H55NO5Si/c1-10-24(35-36(8,9)29(4,5)6)18-27(33-7)25(30)16-17-26(31)22(3)28(32)21(2)19-34-20-23-14-12-11-13-15-23/h11-15,21-22,24-28,31-32H,10,16-20,30H2,1-9H3/t21-,22?,24?,25+,26?,27+,28-/m1/s1. The molecule has 1 aromatic rings. The van der Waals surface area contributed by atoms with Gasteiger partial charge in [-0.25, -0.2) is 0 Å². The highest BCUT2D eigenvalue weighted by atomic mass is 28.4. The van der Waals surface area contributed by atoms with Crippen LogP contribution >= 0.6 is 0 Å². The summed E-state index contributed by atoms with van der Waals surface area (Å²) < 4.78 is 18.2. The summed E-state index contributed by atoms with van der Waals surface area (Å²) in [7, 11) is -0.184. The smallest absolute Gasteiger partial charge is 0.192 e. The van der Waals surface area contributed by atoms with Gasteiger partial charge in [0.25, 0.3) is 0 Å². The van der Waals surface area contributed by atoms with E-state index in [1.54, 1.807) is 7.11 Å². The van der Waals surface area contributed by atoms with Gasteiger partial charge in [0.1, 0.15) is 0 Å². The molecule has 0 radical (unpaired) electrons. The van der Waals surface area contributed by atoms with E-state index in [9.17, 15) is 10.2 Å². The molecule has 0 aromatic heterocycles. The third-order valence-electron chi connectivity index (χ3n) is 8.02. The molecule has 7 heteroatoms. The van der Waals surface area contributed by atoms with Crippen molar-refractivity contribution in [3.8, 4) is 0 Å². The summed E-state index contributed by atoms with van der Waals surface area (Å²) in [6, 6.07) is 9.78. The number of aliphatic hydroxyl groups is 2. The SMILES string of the molecule is CCC(C[C@H](OC)[C@@H](N)CCC(O)C(C)[C@H](O)[C@H](C)COCc1ccccc1)O[Si](C)(C)C(C)(C)C. The van der Waals surface area contributed by atoms with Gasteiger partial charge in [-0.15, -0.1) is 0 Å². The van der Waals surface area contributed by atoms with E-state index >= 15 is 0 Å². The third-order valence-corrected chi connectivity index (χ3v) is 12.5. The zero-order chi connectivity index (χ0) is 27.5. The molecule has 0 saturated carbocycles. The maximum Gasteiger partial charge on any atom is 0.192 e. The topological polar surface area (TPSA) is 94.2 Å². The minimum Gasteiger partial charge on any atom is -0.414 e. The maximum atomic E-state index is 10.8. The normalized spacial score (nSPS) is 18.8. The highest BCUT2D eigenvalue weighted by Gasteiger charge is 2.39. The van der Waals surface area contributed by atoms with Gasteiger partial charge >= 0.3 is 0 Å². The van der Waals surface area contributed by atoms with Crippen LogP contribution in [0.15, 0.2) is 30.3 Å². The summed E-state index contributed by atoms with van der Waals surface area (Å²) >= 11 is 0. The molecule has 0 spiro atoms. The summed E-state index contributed by atoms with van der Waals surface area (Å²) in [5.41, 5.74) is 7.63. The van der Waals surface area contributed by atoms with Gasteiger partial charge in [-0.05, 0) is 43.0 Å². The number of hydrogen-bond donors (Lipinski definition) is 3. The average molecular weight is 526 g/mol. The molecule has 4 N–H and O–H groups in total. The molecule has 1 rings (SSSR count). The van der Waals surface area contributed by atoms with Crippen molar-refractivity contribution in [3.05, 3.63) is 35.9 Å². The Labute approximate surface area is 222 Å². The molecule has 3 unspecified atom stereocenters. The van der Waals surface area contributed by atoms with Crippen LogP contribution < -0.4 is 5.73 Å². The molecular formula is C29H55NO5Si. The monoisotopic (exact) mass is 525 g/mol. The van der Waals surface area contributed by atoms with E-state index in [4.69, 9.17) is 19.6 Å². The summed E-state index contributed by atoms with van der Waals surface area (Å²) in [6.45, 7) is 18.2. The Hall–Kier alpha value is -0.803. The van der Waals surface area contributed by atoms with Crippen molar-refractivity contribution in [2.45, 2.75) is 122 Å². The van der Waals surface area contributed by atoms with Gasteiger partial charge in [0.2, 0.25) is 0 Å².